The summed E-state index contributed by atoms with van der Waals surface area (Å²) in [5.74, 6) is 0.136. The summed E-state index contributed by atoms with van der Waals surface area (Å²) in [6.45, 7) is 11.3. The summed E-state index contributed by atoms with van der Waals surface area (Å²) >= 11 is 0. The van der Waals surface area contributed by atoms with E-state index in [4.69, 9.17) is 0 Å². The van der Waals surface area contributed by atoms with E-state index >= 15 is 0 Å². The lowest BCUT2D eigenvalue weighted by molar-refractivity contribution is -0.122. The number of amides is 1. The van der Waals surface area contributed by atoms with Crippen molar-refractivity contribution in [2.24, 2.45) is 0 Å². The first-order chi connectivity index (χ1) is 11.7. The van der Waals surface area contributed by atoms with Gasteiger partial charge in [0, 0.05) is 62.9 Å². The molecule has 0 saturated carbocycles. The second-order valence-corrected chi connectivity index (χ2v) is 6.46. The monoisotopic (exact) mass is 328 g/mol. The molecule has 3 rings (SSSR count). The molecule has 0 bridgehead atoms. The molecule has 1 N–H and O–H groups in total. The molecule has 2 aromatic rings. The lowest BCUT2D eigenvalue weighted by atomic mass is 10.1. The summed E-state index contributed by atoms with van der Waals surface area (Å²) in [6, 6.07) is 8.84. The predicted molar refractivity (Wildman–Crippen MR) is 98.0 cm³/mol. The van der Waals surface area contributed by atoms with Crippen LogP contribution in [0.1, 0.15) is 19.4 Å². The van der Waals surface area contributed by atoms with Gasteiger partial charge in [-0.3, -0.25) is 14.6 Å². The number of fused-ring (bicyclic) bond motifs is 1. The van der Waals surface area contributed by atoms with Crippen molar-refractivity contribution in [1.29, 1.82) is 0 Å². The molecule has 0 spiro atoms. The van der Waals surface area contributed by atoms with E-state index in [2.05, 4.69) is 57.1 Å². The maximum Gasteiger partial charge on any atom is 0.234 e. The number of piperazine rings is 1. The summed E-state index contributed by atoms with van der Waals surface area (Å²) in [5.41, 5.74) is 2.72. The minimum Gasteiger partial charge on any atom is -0.355 e. The molecular formula is C19H28N4O. The van der Waals surface area contributed by atoms with Crippen molar-refractivity contribution >= 4 is 16.8 Å². The highest BCUT2D eigenvalue weighted by atomic mass is 16.2. The van der Waals surface area contributed by atoms with Crippen molar-refractivity contribution in [2.45, 2.75) is 26.9 Å². The second-order valence-electron chi connectivity index (χ2n) is 6.46. The van der Waals surface area contributed by atoms with E-state index in [-0.39, 0.29) is 5.91 Å². The van der Waals surface area contributed by atoms with E-state index in [1.54, 1.807) is 0 Å². The molecule has 0 atom stereocenters. The Morgan fingerprint density at radius 3 is 2.54 bits per heavy atom. The van der Waals surface area contributed by atoms with Crippen molar-refractivity contribution in [1.82, 2.24) is 19.7 Å². The van der Waals surface area contributed by atoms with Crippen LogP contribution >= 0.6 is 0 Å². The number of carbonyl (C=O) groups is 1. The number of rotatable bonds is 6. The highest BCUT2D eigenvalue weighted by Crippen LogP contribution is 2.22. The molecule has 1 aliphatic heterocycles. The van der Waals surface area contributed by atoms with Crippen LogP contribution < -0.4 is 5.32 Å². The van der Waals surface area contributed by atoms with Gasteiger partial charge in [0.05, 0.1) is 6.54 Å². The first-order valence-corrected chi connectivity index (χ1v) is 8.99. The fourth-order valence-corrected chi connectivity index (χ4v) is 3.50. The molecule has 1 aromatic heterocycles. The Kier molecular flexibility index (Phi) is 5.53. The summed E-state index contributed by atoms with van der Waals surface area (Å²) in [7, 11) is 0. The molecule has 0 radical (unpaired) electrons. The lowest BCUT2D eigenvalue weighted by Gasteiger charge is -2.34. The number of benzene rings is 1. The third-order valence-electron chi connectivity index (χ3n) is 4.84. The van der Waals surface area contributed by atoms with E-state index in [0.717, 1.165) is 39.3 Å². The van der Waals surface area contributed by atoms with E-state index < -0.39 is 0 Å². The fourth-order valence-electron chi connectivity index (χ4n) is 3.50. The number of carbonyl (C=O) groups excluding carboxylic acids is 1. The van der Waals surface area contributed by atoms with Crippen molar-refractivity contribution in [2.75, 3.05) is 39.3 Å². The van der Waals surface area contributed by atoms with Crippen LogP contribution in [0.2, 0.25) is 0 Å². The molecule has 1 saturated heterocycles. The highest BCUT2D eigenvalue weighted by Gasteiger charge is 2.19. The number of aryl methyl sites for hydroxylation is 1. The minimum absolute atomic E-state index is 0.136. The third kappa shape index (κ3) is 3.79. The molecule has 5 nitrogen and oxygen atoms in total. The average Bonchev–Trinajstić information content (AvgIpc) is 3.01. The van der Waals surface area contributed by atoms with Crippen molar-refractivity contribution in [3.8, 4) is 0 Å². The zero-order valence-corrected chi connectivity index (χ0v) is 14.8. The molecule has 0 aliphatic carbocycles. The van der Waals surface area contributed by atoms with Gasteiger partial charge in [-0.05, 0) is 31.5 Å². The molecule has 1 fully saturated rings. The van der Waals surface area contributed by atoms with Crippen LogP contribution in [-0.4, -0.2) is 59.5 Å². The van der Waals surface area contributed by atoms with Crippen LogP contribution in [0.15, 0.2) is 30.5 Å². The van der Waals surface area contributed by atoms with Crippen LogP contribution in [0.5, 0.6) is 0 Å². The minimum atomic E-state index is 0.136. The molecule has 0 unspecified atom stereocenters. The Morgan fingerprint density at radius 1 is 1.08 bits per heavy atom. The van der Waals surface area contributed by atoms with Crippen molar-refractivity contribution in [3.63, 3.8) is 0 Å². The zero-order valence-electron chi connectivity index (χ0n) is 14.8. The number of nitrogens with zero attached hydrogens (tertiary/aromatic N) is 3. The smallest absolute Gasteiger partial charge is 0.234 e. The first kappa shape index (κ1) is 17.0. The van der Waals surface area contributed by atoms with Gasteiger partial charge in [0.15, 0.2) is 0 Å². The van der Waals surface area contributed by atoms with E-state index in [1.165, 1.54) is 16.5 Å². The second kappa shape index (κ2) is 7.81. The number of nitrogens with one attached hydrogen (secondary N) is 1. The molecule has 1 amide bonds. The van der Waals surface area contributed by atoms with Crippen LogP contribution in [0.25, 0.3) is 10.9 Å². The summed E-state index contributed by atoms with van der Waals surface area (Å²) in [6.07, 6.45) is 2.18. The number of hydrogen-bond acceptors (Lipinski definition) is 3. The predicted octanol–water partition coefficient (Wildman–Crippen LogP) is 1.91. The Labute approximate surface area is 144 Å². The summed E-state index contributed by atoms with van der Waals surface area (Å²) in [5, 5.41) is 4.24. The van der Waals surface area contributed by atoms with Gasteiger partial charge in [-0.2, -0.15) is 0 Å². The maximum atomic E-state index is 11.7. The molecule has 2 heterocycles. The molecular weight excluding hydrogens is 300 g/mol. The van der Waals surface area contributed by atoms with Crippen LogP contribution in [0.4, 0.5) is 0 Å². The lowest BCUT2D eigenvalue weighted by Crippen LogP contribution is -2.49. The Bertz CT molecular complexity index is 686. The normalized spacial score (nSPS) is 16.6. The van der Waals surface area contributed by atoms with Crippen molar-refractivity contribution < 1.29 is 4.79 Å². The number of hydrogen-bond donors (Lipinski definition) is 1. The number of aromatic nitrogens is 1. The Morgan fingerprint density at radius 2 is 1.83 bits per heavy atom. The fraction of sp³-hybridized carbons (Fsp3) is 0.526. The summed E-state index contributed by atoms with van der Waals surface area (Å²) < 4.78 is 2.29. The van der Waals surface area contributed by atoms with Crippen LogP contribution in [0, 0.1) is 0 Å². The highest BCUT2D eigenvalue weighted by molar-refractivity contribution is 5.83. The first-order valence-electron chi connectivity index (χ1n) is 8.99. The molecule has 5 heteroatoms. The largest absolute Gasteiger partial charge is 0.355 e. The van der Waals surface area contributed by atoms with Crippen LogP contribution in [-0.2, 0) is 17.9 Å². The van der Waals surface area contributed by atoms with Gasteiger partial charge in [0.2, 0.25) is 5.91 Å². The van der Waals surface area contributed by atoms with Gasteiger partial charge < -0.3 is 9.88 Å². The van der Waals surface area contributed by atoms with Gasteiger partial charge in [-0.15, -0.1) is 0 Å². The Hall–Kier alpha value is -1.85. The van der Waals surface area contributed by atoms with Gasteiger partial charge >= 0.3 is 0 Å². The van der Waals surface area contributed by atoms with Crippen molar-refractivity contribution in [3.05, 3.63) is 36.0 Å². The third-order valence-corrected chi connectivity index (χ3v) is 4.84. The standard InChI is InChI=1S/C19H28N4O/c1-3-20-19(24)15-22-12-10-21(11-13-22)14-16-6-5-7-18-17(16)8-9-23(18)4-2/h5-9H,3-4,10-15H2,1-2H3,(H,20,24). The maximum absolute atomic E-state index is 11.7. The van der Waals surface area contributed by atoms with E-state index in [1.807, 2.05) is 6.92 Å². The van der Waals surface area contributed by atoms with Gasteiger partial charge in [0.1, 0.15) is 0 Å². The Balaban J connectivity index is 1.59. The van der Waals surface area contributed by atoms with Crippen LogP contribution in [0.3, 0.4) is 0 Å². The molecule has 130 valence electrons. The zero-order chi connectivity index (χ0) is 16.9. The SMILES string of the molecule is CCNC(=O)CN1CCN(Cc2cccc3c2ccn3CC)CC1. The quantitative estimate of drug-likeness (QED) is 0.881. The molecule has 24 heavy (non-hydrogen) atoms. The van der Waals surface area contributed by atoms with Gasteiger partial charge in [-0.1, -0.05) is 12.1 Å². The average molecular weight is 328 g/mol. The van der Waals surface area contributed by atoms with E-state index in [9.17, 15) is 4.79 Å². The summed E-state index contributed by atoms with van der Waals surface area (Å²) in [4.78, 5) is 16.4. The van der Waals surface area contributed by atoms with Gasteiger partial charge in [-0.25, -0.2) is 0 Å². The van der Waals surface area contributed by atoms with E-state index in [0.29, 0.717) is 13.1 Å². The van der Waals surface area contributed by atoms with Gasteiger partial charge in [0.25, 0.3) is 0 Å². The molecule has 1 aromatic carbocycles. The molecule has 1 aliphatic rings. The topological polar surface area (TPSA) is 40.5 Å². The number of likely N-dealkylation sites (N-methyl/N-ethyl adjacent to an activating group) is 1.